The fourth-order valence-corrected chi connectivity index (χ4v) is 2.59. The van der Waals surface area contributed by atoms with Gasteiger partial charge in [0.15, 0.2) is 0 Å². The summed E-state index contributed by atoms with van der Waals surface area (Å²) in [5.41, 5.74) is -0.388. The summed E-state index contributed by atoms with van der Waals surface area (Å²) in [6, 6.07) is 3.58. The minimum absolute atomic E-state index is 0.00660. The monoisotopic (exact) mass is 294 g/mol. The SMILES string of the molecule is CCC1(CC)NC(=O)N(Cc2cc(F)ccc2OC)C1=O. The molecule has 0 unspecified atom stereocenters. The number of imide groups is 1. The van der Waals surface area contributed by atoms with E-state index in [1.54, 1.807) is 0 Å². The van der Waals surface area contributed by atoms with Crippen molar-refractivity contribution in [1.82, 2.24) is 10.2 Å². The highest BCUT2D eigenvalue weighted by Gasteiger charge is 2.48. The molecule has 1 aliphatic heterocycles. The Balaban J connectivity index is 2.30. The van der Waals surface area contributed by atoms with Crippen molar-refractivity contribution in [3.8, 4) is 5.75 Å². The van der Waals surface area contributed by atoms with Crippen molar-refractivity contribution in [2.45, 2.75) is 38.8 Å². The lowest BCUT2D eigenvalue weighted by molar-refractivity contribution is -0.132. The second-order valence-electron chi connectivity index (χ2n) is 5.07. The number of amides is 3. The average Bonchev–Trinajstić information content (AvgIpc) is 2.72. The van der Waals surface area contributed by atoms with E-state index >= 15 is 0 Å². The Morgan fingerprint density at radius 2 is 1.95 bits per heavy atom. The highest BCUT2D eigenvalue weighted by molar-refractivity contribution is 6.06. The predicted octanol–water partition coefficient (Wildman–Crippen LogP) is 2.44. The standard InChI is InChI=1S/C15H19FN2O3/c1-4-15(5-2)13(19)18(14(20)17-15)9-10-8-11(16)6-7-12(10)21-3/h6-8H,4-5,9H2,1-3H3,(H,17,20). The quantitative estimate of drug-likeness (QED) is 0.849. The van der Waals surface area contributed by atoms with E-state index in [9.17, 15) is 14.0 Å². The molecule has 1 N–H and O–H groups in total. The maximum absolute atomic E-state index is 13.4. The van der Waals surface area contributed by atoms with E-state index in [2.05, 4.69) is 5.32 Å². The molecular formula is C15H19FN2O3. The minimum atomic E-state index is -0.850. The van der Waals surface area contributed by atoms with Gasteiger partial charge in [0.25, 0.3) is 5.91 Å². The number of hydrogen-bond acceptors (Lipinski definition) is 3. The highest BCUT2D eigenvalue weighted by Crippen LogP contribution is 2.28. The third-order valence-corrected chi connectivity index (χ3v) is 4.02. The Morgan fingerprint density at radius 3 is 2.48 bits per heavy atom. The highest BCUT2D eigenvalue weighted by atomic mass is 19.1. The number of carbonyl (C=O) groups excluding carboxylic acids is 2. The third-order valence-electron chi connectivity index (χ3n) is 4.02. The fraction of sp³-hybridized carbons (Fsp3) is 0.467. The summed E-state index contributed by atoms with van der Waals surface area (Å²) in [6.45, 7) is 3.70. The van der Waals surface area contributed by atoms with E-state index < -0.39 is 17.4 Å². The van der Waals surface area contributed by atoms with Gasteiger partial charge in [-0.1, -0.05) is 13.8 Å². The molecule has 0 bridgehead atoms. The van der Waals surface area contributed by atoms with Crippen LogP contribution in [0.2, 0.25) is 0 Å². The fourth-order valence-electron chi connectivity index (χ4n) is 2.59. The minimum Gasteiger partial charge on any atom is -0.496 e. The molecule has 0 aromatic heterocycles. The molecule has 5 nitrogen and oxygen atoms in total. The number of urea groups is 1. The molecule has 1 saturated heterocycles. The van der Waals surface area contributed by atoms with Gasteiger partial charge in [-0.3, -0.25) is 9.69 Å². The number of rotatable bonds is 5. The second kappa shape index (κ2) is 5.71. The summed E-state index contributed by atoms with van der Waals surface area (Å²) in [6.07, 6.45) is 1.04. The molecule has 1 heterocycles. The molecule has 6 heteroatoms. The van der Waals surface area contributed by atoms with Gasteiger partial charge < -0.3 is 10.1 Å². The molecule has 0 radical (unpaired) electrons. The van der Waals surface area contributed by atoms with Crippen LogP contribution in [-0.2, 0) is 11.3 Å². The number of nitrogens with one attached hydrogen (secondary N) is 1. The van der Waals surface area contributed by atoms with Gasteiger partial charge in [-0.15, -0.1) is 0 Å². The van der Waals surface area contributed by atoms with E-state index in [0.717, 1.165) is 4.90 Å². The van der Waals surface area contributed by atoms with Crippen LogP contribution in [0.15, 0.2) is 18.2 Å². The van der Waals surface area contributed by atoms with Crippen LogP contribution >= 0.6 is 0 Å². The molecular weight excluding hydrogens is 275 g/mol. The molecule has 0 spiro atoms. The third kappa shape index (κ3) is 2.57. The normalized spacial score (nSPS) is 17.0. The van der Waals surface area contributed by atoms with Gasteiger partial charge >= 0.3 is 6.03 Å². The molecule has 1 aromatic carbocycles. The predicted molar refractivity (Wildman–Crippen MR) is 75.3 cm³/mol. The maximum Gasteiger partial charge on any atom is 0.325 e. The molecule has 0 saturated carbocycles. The lowest BCUT2D eigenvalue weighted by atomic mass is 9.93. The summed E-state index contributed by atoms with van der Waals surface area (Å²) < 4.78 is 18.5. The van der Waals surface area contributed by atoms with E-state index in [1.807, 2.05) is 13.8 Å². The van der Waals surface area contributed by atoms with Gasteiger partial charge in [0.1, 0.15) is 17.1 Å². The molecule has 114 valence electrons. The number of methoxy groups -OCH3 is 1. The van der Waals surface area contributed by atoms with Crippen molar-refractivity contribution in [3.63, 3.8) is 0 Å². The first-order chi connectivity index (χ1) is 9.97. The lowest BCUT2D eigenvalue weighted by Gasteiger charge is -2.23. The first-order valence-corrected chi connectivity index (χ1v) is 6.94. The van der Waals surface area contributed by atoms with Gasteiger partial charge in [-0.2, -0.15) is 0 Å². The molecule has 0 aliphatic carbocycles. The molecule has 0 atom stereocenters. The zero-order chi connectivity index (χ0) is 15.6. The van der Waals surface area contributed by atoms with Gasteiger partial charge in [-0.25, -0.2) is 9.18 Å². The van der Waals surface area contributed by atoms with Crippen LogP contribution in [0.25, 0.3) is 0 Å². The van der Waals surface area contributed by atoms with Gasteiger partial charge in [0.05, 0.1) is 13.7 Å². The van der Waals surface area contributed by atoms with Crippen LogP contribution in [-0.4, -0.2) is 29.5 Å². The van der Waals surface area contributed by atoms with E-state index in [1.165, 1.54) is 25.3 Å². The Kier molecular flexibility index (Phi) is 4.16. The maximum atomic E-state index is 13.4. The van der Waals surface area contributed by atoms with Crippen molar-refractivity contribution in [1.29, 1.82) is 0 Å². The Morgan fingerprint density at radius 1 is 1.29 bits per heavy atom. The van der Waals surface area contributed by atoms with Gasteiger partial charge in [0.2, 0.25) is 0 Å². The van der Waals surface area contributed by atoms with E-state index in [-0.39, 0.29) is 12.5 Å². The number of nitrogens with zero attached hydrogens (tertiary/aromatic N) is 1. The molecule has 2 rings (SSSR count). The van der Waals surface area contributed by atoms with Crippen LogP contribution in [0.3, 0.4) is 0 Å². The zero-order valence-corrected chi connectivity index (χ0v) is 12.4. The summed E-state index contributed by atoms with van der Waals surface area (Å²) in [5.74, 6) is -0.263. The summed E-state index contributed by atoms with van der Waals surface area (Å²) >= 11 is 0. The number of halogens is 1. The topological polar surface area (TPSA) is 58.6 Å². The number of benzene rings is 1. The smallest absolute Gasteiger partial charge is 0.325 e. The lowest BCUT2D eigenvalue weighted by Crippen LogP contribution is -2.45. The molecule has 21 heavy (non-hydrogen) atoms. The summed E-state index contributed by atoms with van der Waals surface area (Å²) in [7, 11) is 1.46. The average molecular weight is 294 g/mol. The first kappa shape index (κ1) is 15.3. The Hall–Kier alpha value is -2.11. The summed E-state index contributed by atoms with van der Waals surface area (Å²) in [4.78, 5) is 25.7. The van der Waals surface area contributed by atoms with Crippen LogP contribution in [0.1, 0.15) is 32.3 Å². The van der Waals surface area contributed by atoms with Crippen molar-refractivity contribution in [2.75, 3.05) is 7.11 Å². The van der Waals surface area contributed by atoms with Gasteiger partial charge in [-0.05, 0) is 31.0 Å². The van der Waals surface area contributed by atoms with Crippen LogP contribution in [0.4, 0.5) is 9.18 Å². The molecule has 3 amide bonds. The Bertz CT molecular complexity index is 570. The molecule has 1 aliphatic rings. The van der Waals surface area contributed by atoms with Crippen molar-refractivity contribution in [2.24, 2.45) is 0 Å². The second-order valence-corrected chi connectivity index (χ2v) is 5.07. The van der Waals surface area contributed by atoms with E-state index in [0.29, 0.717) is 24.2 Å². The van der Waals surface area contributed by atoms with Crippen molar-refractivity contribution in [3.05, 3.63) is 29.6 Å². The van der Waals surface area contributed by atoms with Crippen molar-refractivity contribution < 1.29 is 18.7 Å². The van der Waals surface area contributed by atoms with E-state index in [4.69, 9.17) is 4.74 Å². The number of hydrogen-bond donors (Lipinski definition) is 1. The zero-order valence-electron chi connectivity index (χ0n) is 12.4. The number of carbonyl (C=O) groups is 2. The van der Waals surface area contributed by atoms with Crippen molar-refractivity contribution >= 4 is 11.9 Å². The Labute approximate surface area is 123 Å². The van der Waals surface area contributed by atoms with Gasteiger partial charge in [0, 0.05) is 5.56 Å². The molecule has 1 fully saturated rings. The van der Waals surface area contributed by atoms with Crippen LogP contribution in [0.5, 0.6) is 5.75 Å². The largest absolute Gasteiger partial charge is 0.496 e. The van der Waals surface area contributed by atoms with Crippen LogP contribution < -0.4 is 10.1 Å². The first-order valence-electron chi connectivity index (χ1n) is 6.94. The summed E-state index contributed by atoms with van der Waals surface area (Å²) in [5, 5.41) is 2.74. The molecule has 1 aromatic rings. The number of ether oxygens (including phenoxy) is 1. The van der Waals surface area contributed by atoms with Crippen LogP contribution in [0, 0.1) is 5.82 Å².